The zero-order valence-corrected chi connectivity index (χ0v) is 13.3. The predicted octanol–water partition coefficient (Wildman–Crippen LogP) is 0.286. The van der Waals surface area contributed by atoms with Gasteiger partial charge in [0.2, 0.25) is 5.91 Å². The molecular formula is C16H23N3O4. The Hall–Kier alpha value is -1.86. The standard InChI is InChI=1S/C16H23N3O4/c20-15(3-4-17-9-12-22-13-10-17)18-5-7-19(8-6-18)16(21)14-2-1-11-23-14/h1-2,11H,3-10,12-13H2. The number of ether oxygens (including phenoxy) is 1. The lowest BCUT2D eigenvalue weighted by atomic mass is 10.2. The molecule has 0 unspecified atom stereocenters. The number of piperazine rings is 1. The topological polar surface area (TPSA) is 66.2 Å². The summed E-state index contributed by atoms with van der Waals surface area (Å²) >= 11 is 0. The van der Waals surface area contributed by atoms with Crippen LogP contribution >= 0.6 is 0 Å². The van der Waals surface area contributed by atoms with E-state index in [0.717, 1.165) is 32.8 Å². The maximum atomic E-state index is 12.3. The van der Waals surface area contributed by atoms with Crippen LogP contribution in [0.4, 0.5) is 0 Å². The summed E-state index contributed by atoms with van der Waals surface area (Å²) in [6.45, 7) is 6.39. The lowest BCUT2D eigenvalue weighted by Gasteiger charge is -2.35. The minimum atomic E-state index is -0.101. The van der Waals surface area contributed by atoms with Crippen LogP contribution < -0.4 is 0 Å². The summed E-state index contributed by atoms with van der Waals surface area (Å²) in [7, 11) is 0. The van der Waals surface area contributed by atoms with Gasteiger partial charge in [0.05, 0.1) is 19.5 Å². The normalized spacial score (nSPS) is 19.8. The molecule has 0 aliphatic carbocycles. The van der Waals surface area contributed by atoms with Crippen molar-refractivity contribution in [2.24, 2.45) is 0 Å². The molecule has 0 N–H and O–H groups in total. The molecule has 0 radical (unpaired) electrons. The van der Waals surface area contributed by atoms with E-state index in [0.29, 0.717) is 38.4 Å². The summed E-state index contributed by atoms with van der Waals surface area (Å²) < 4.78 is 10.4. The summed E-state index contributed by atoms with van der Waals surface area (Å²) in [5.41, 5.74) is 0. The highest BCUT2D eigenvalue weighted by atomic mass is 16.5. The van der Waals surface area contributed by atoms with E-state index in [-0.39, 0.29) is 11.8 Å². The number of rotatable bonds is 4. The molecule has 126 valence electrons. The minimum Gasteiger partial charge on any atom is -0.459 e. The van der Waals surface area contributed by atoms with E-state index in [1.54, 1.807) is 17.0 Å². The quantitative estimate of drug-likeness (QED) is 0.797. The van der Waals surface area contributed by atoms with Crippen LogP contribution in [0.15, 0.2) is 22.8 Å². The molecule has 0 atom stereocenters. The molecule has 2 saturated heterocycles. The maximum absolute atomic E-state index is 12.3. The van der Waals surface area contributed by atoms with Gasteiger partial charge in [-0.05, 0) is 12.1 Å². The first-order chi connectivity index (χ1) is 11.2. The first-order valence-corrected chi connectivity index (χ1v) is 8.15. The lowest BCUT2D eigenvalue weighted by molar-refractivity contribution is -0.133. The van der Waals surface area contributed by atoms with Crippen LogP contribution in [-0.2, 0) is 9.53 Å². The summed E-state index contributed by atoms with van der Waals surface area (Å²) in [6, 6.07) is 3.38. The Balaban J connectivity index is 1.41. The van der Waals surface area contributed by atoms with E-state index < -0.39 is 0 Å². The molecule has 1 aromatic heterocycles. The zero-order valence-electron chi connectivity index (χ0n) is 13.3. The molecule has 23 heavy (non-hydrogen) atoms. The van der Waals surface area contributed by atoms with Gasteiger partial charge in [0.25, 0.3) is 5.91 Å². The monoisotopic (exact) mass is 321 g/mol. The van der Waals surface area contributed by atoms with Crippen molar-refractivity contribution in [1.29, 1.82) is 0 Å². The van der Waals surface area contributed by atoms with Crippen LogP contribution in [0.5, 0.6) is 0 Å². The van der Waals surface area contributed by atoms with E-state index in [1.165, 1.54) is 6.26 Å². The highest BCUT2D eigenvalue weighted by molar-refractivity contribution is 5.91. The molecule has 7 heteroatoms. The second-order valence-corrected chi connectivity index (χ2v) is 5.85. The van der Waals surface area contributed by atoms with Crippen molar-refractivity contribution in [1.82, 2.24) is 14.7 Å². The second kappa shape index (κ2) is 7.61. The molecular weight excluding hydrogens is 298 g/mol. The first-order valence-electron chi connectivity index (χ1n) is 8.15. The third-order valence-electron chi connectivity index (χ3n) is 4.40. The number of nitrogens with zero attached hydrogens (tertiary/aromatic N) is 3. The lowest BCUT2D eigenvalue weighted by Crippen LogP contribution is -2.51. The fourth-order valence-electron chi connectivity index (χ4n) is 2.95. The van der Waals surface area contributed by atoms with Crippen LogP contribution in [0, 0.1) is 0 Å². The van der Waals surface area contributed by atoms with Gasteiger partial charge in [-0.3, -0.25) is 14.5 Å². The maximum Gasteiger partial charge on any atom is 0.289 e. The number of hydrogen-bond acceptors (Lipinski definition) is 5. The zero-order chi connectivity index (χ0) is 16.1. The molecule has 2 fully saturated rings. The van der Waals surface area contributed by atoms with Crippen LogP contribution in [0.2, 0.25) is 0 Å². The summed E-state index contributed by atoms with van der Waals surface area (Å²) in [6.07, 6.45) is 2.03. The fraction of sp³-hybridized carbons (Fsp3) is 0.625. The summed E-state index contributed by atoms with van der Waals surface area (Å²) in [5.74, 6) is 0.425. The first kappa shape index (κ1) is 16.0. The van der Waals surface area contributed by atoms with Crippen LogP contribution in [-0.4, -0.2) is 85.5 Å². The van der Waals surface area contributed by atoms with Gasteiger partial charge in [0, 0.05) is 52.2 Å². The van der Waals surface area contributed by atoms with Crippen molar-refractivity contribution in [3.63, 3.8) is 0 Å². The number of furan rings is 1. The Morgan fingerprint density at radius 3 is 2.35 bits per heavy atom. The van der Waals surface area contributed by atoms with E-state index in [4.69, 9.17) is 9.15 Å². The smallest absolute Gasteiger partial charge is 0.289 e. The van der Waals surface area contributed by atoms with Gasteiger partial charge in [-0.2, -0.15) is 0 Å². The molecule has 2 aliphatic rings. The van der Waals surface area contributed by atoms with Gasteiger partial charge in [-0.25, -0.2) is 0 Å². The van der Waals surface area contributed by atoms with Crippen molar-refractivity contribution in [2.45, 2.75) is 6.42 Å². The van der Waals surface area contributed by atoms with Crippen LogP contribution in [0.3, 0.4) is 0 Å². The van der Waals surface area contributed by atoms with Crippen LogP contribution in [0.25, 0.3) is 0 Å². The molecule has 2 aliphatic heterocycles. The summed E-state index contributed by atoms with van der Waals surface area (Å²) in [4.78, 5) is 30.3. The predicted molar refractivity (Wildman–Crippen MR) is 83.1 cm³/mol. The number of hydrogen-bond donors (Lipinski definition) is 0. The van der Waals surface area contributed by atoms with Gasteiger partial charge in [0.15, 0.2) is 5.76 Å². The van der Waals surface area contributed by atoms with Gasteiger partial charge in [-0.1, -0.05) is 0 Å². The Bertz CT molecular complexity index is 517. The third-order valence-corrected chi connectivity index (χ3v) is 4.40. The number of carbonyl (C=O) groups is 2. The average molecular weight is 321 g/mol. The fourth-order valence-corrected chi connectivity index (χ4v) is 2.95. The minimum absolute atomic E-state index is 0.101. The Labute approximate surface area is 135 Å². The van der Waals surface area contributed by atoms with Crippen molar-refractivity contribution < 1.29 is 18.7 Å². The van der Waals surface area contributed by atoms with E-state index in [2.05, 4.69) is 4.90 Å². The summed E-state index contributed by atoms with van der Waals surface area (Å²) in [5, 5.41) is 0. The van der Waals surface area contributed by atoms with Gasteiger partial charge in [-0.15, -0.1) is 0 Å². The number of carbonyl (C=O) groups excluding carboxylic acids is 2. The van der Waals surface area contributed by atoms with Crippen molar-refractivity contribution in [3.05, 3.63) is 24.2 Å². The van der Waals surface area contributed by atoms with Gasteiger partial charge in [0.1, 0.15) is 0 Å². The van der Waals surface area contributed by atoms with Crippen LogP contribution in [0.1, 0.15) is 17.0 Å². The van der Waals surface area contributed by atoms with Crippen molar-refractivity contribution in [2.75, 3.05) is 59.0 Å². The van der Waals surface area contributed by atoms with E-state index >= 15 is 0 Å². The Morgan fingerprint density at radius 1 is 1.00 bits per heavy atom. The molecule has 3 heterocycles. The van der Waals surface area contributed by atoms with Gasteiger partial charge < -0.3 is 19.0 Å². The molecule has 0 bridgehead atoms. The molecule has 7 nitrogen and oxygen atoms in total. The molecule has 0 saturated carbocycles. The second-order valence-electron chi connectivity index (χ2n) is 5.85. The Morgan fingerprint density at radius 2 is 1.70 bits per heavy atom. The highest BCUT2D eigenvalue weighted by Gasteiger charge is 2.26. The number of morpholine rings is 1. The number of amides is 2. The molecule has 0 aromatic carbocycles. The molecule has 0 spiro atoms. The third kappa shape index (κ3) is 4.11. The van der Waals surface area contributed by atoms with Crippen molar-refractivity contribution in [3.8, 4) is 0 Å². The van der Waals surface area contributed by atoms with E-state index in [1.807, 2.05) is 4.90 Å². The van der Waals surface area contributed by atoms with E-state index in [9.17, 15) is 9.59 Å². The Kier molecular flexibility index (Phi) is 5.30. The SMILES string of the molecule is O=C(CCN1CCOCC1)N1CCN(C(=O)c2ccco2)CC1. The van der Waals surface area contributed by atoms with Gasteiger partial charge >= 0.3 is 0 Å². The highest BCUT2D eigenvalue weighted by Crippen LogP contribution is 2.10. The molecule has 2 amide bonds. The molecule has 1 aromatic rings. The molecule has 3 rings (SSSR count). The largest absolute Gasteiger partial charge is 0.459 e. The average Bonchev–Trinajstić information content (AvgIpc) is 3.15. The van der Waals surface area contributed by atoms with Crippen molar-refractivity contribution >= 4 is 11.8 Å².